The number of carbonyl (C=O) groups is 1. The Morgan fingerprint density at radius 2 is 2.12 bits per heavy atom. The monoisotopic (exact) mass is 219 g/mol. The fourth-order valence-electron chi connectivity index (χ4n) is 1.97. The second kappa shape index (κ2) is 5.12. The normalized spacial score (nSPS) is 21.7. The number of hydroxylamine groups is 2. The van der Waals surface area contributed by atoms with Gasteiger partial charge < -0.3 is 4.84 Å². The molecule has 1 aliphatic rings. The van der Waals surface area contributed by atoms with E-state index in [1.807, 2.05) is 18.2 Å². The fraction of sp³-hybridized carbons (Fsp3) is 0.462. The summed E-state index contributed by atoms with van der Waals surface area (Å²) in [7, 11) is 0. The van der Waals surface area contributed by atoms with Crippen LogP contribution in [0.25, 0.3) is 0 Å². The first-order valence-corrected chi connectivity index (χ1v) is 5.78. The quantitative estimate of drug-likeness (QED) is 0.765. The summed E-state index contributed by atoms with van der Waals surface area (Å²) >= 11 is 0. The van der Waals surface area contributed by atoms with E-state index >= 15 is 0 Å². The number of rotatable bonds is 2. The van der Waals surface area contributed by atoms with E-state index in [9.17, 15) is 4.79 Å². The maximum Gasteiger partial charge on any atom is 0.357 e. The lowest BCUT2D eigenvalue weighted by Crippen LogP contribution is -2.36. The predicted molar refractivity (Wildman–Crippen MR) is 61.8 cm³/mol. The number of nitrogens with zero attached hydrogens (tertiary/aromatic N) is 1. The molecule has 1 aromatic rings. The van der Waals surface area contributed by atoms with Crippen molar-refractivity contribution in [2.75, 3.05) is 13.1 Å². The van der Waals surface area contributed by atoms with Crippen LogP contribution in [0, 0.1) is 5.92 Å². The van der Waals surface area contributed by atoms with E-state index in [0.717, 1.165) is 19.5 Å². The summed E-state index contributed by atoms with van der Waals surface area (Å²) < 4.78 is 0. The van der Waals surface area contributed by atoms with Crippen LogP contribution >= 0.6 is 0 Å². The molecule has 1 fully saturated rings. The molecule has 0 saturated carbocycles. The molecule has 0 bridgehead atoms. The standard InChI is InChI=1S/C13H17NO2/c1-11-6-5-9-14(10-11)16-13(15)12-7-3-2-4-8-12/h2-4,7-8,11H,5-6,9-10H2,1H3. The summed E-state index contributed by atoms with van der Waals surface area (Å²) in [6, 6.07) is 9.12. The first kappa shape index (κ1) is 11.1. The molecule has 2 rings (SSSR count). The van der Waals surface area contributed by atoms with E-state index in [2.05, 4.69) is 6.92 Å². The third-order valence-corrected chi connectivity index (χ3v) is 2.84. The Morgan fingerprint density at radius 1 is 1.38 bits per heavy atom. The molecule has 0 radical (unpaired) electrons. The van der Waals surface area contributed by atoms with Gasteiger partial charge in [0.2, 0.25) is 0 Å². The van der Waals surface area contributed by atoms with Gasteiger partial charge in [-0.15, -0.1) is 5.06 Å². The van der Waals surface area contributed by atoms with Crippen molar-refractivity contribution in [1.82, 2.24) is 5.06 Å². The van der Waals surface area contributed by atoms with Crippen LogP contribution in [0.15, 0.2) is 30.3 Å². The van der Waals surface area contributed by atoms with Crippen LogP contribution in [-0.2, 0) is 4.84 Å². The van der Waals surface area contributed by atoms with Crippen molar-refractivity contribution in [2.45, 2.75) is 19.8 Å². The second-order valence-corrected chi connectivity index (χ2v) is 4.38. The Labute approximate surface area is 96.0 Å². The van der Waals surface area contributed by atoms with Crippen LogP contribution in [-0.4, -0.2) is 24.1 Å². The van der Waals surface area contributed by atoms with Crippen molar-refractivity contribution < 1.29 is 9.63 Å². The number of piperidine rings is 1. The van der Waals surface area contributed by atoms with E-state index in [-0.39, 0.29) is 5.97 Å². The maximum atomic E-state index is 11.8. The predicted octanol–water partition coefficient (Wildman–Crippen LogP) is 2.49. The highest BCUT2D eigenvalue weighted by molar-refractivity contribution is 5.89. The average molecular weight is 219 g/mol. The van der Waals surface area contributed by atoms with Crippen LogP contribution in [0.1, 0.15) is 30.1 Å². The number of hydrogen-bond acceptors (Lipinski definition) is 3. The molecule has 1 heterocycles. The van der Waals surface area contributed by atoms with Gasteiger partial charge in [0.05, 0.1) is 5.56 Å². The lowest BCUT2D eigenvalue weighted by molar-refractivity contribution is -0.128. The van der Waals surface area contributed by atoms with Gasteiger partial charge in [0.15, 0.2) is 0 Å². The molecule has 0 spiro atoms. The van der Waals surface area contributed by atoms with Crippen molar-refractivity contribution in [3.05, 3.63) is 35.9 Å². The van der Waals surface area contributed by atoms with Gasteiger partial charge in [0.25, 0.3) is 0 Å². The first-order valence-electron chi connectivity index (χ1n) is 5.78. The maximum absolute atomic E-state index is 11.8. The molecule has 1 saturated heterocycles. The number of hydrogen-bond donors (Lipinski definition) is 0. The zero-order valence-corrected chi connectivity index (χ0v) is 9.56. The molecule has 86 valence electrons. The molecule has 0 amide bonds. The van der Waals surface area contributed by atoms with Gasteiger partial charge in [-0.2, -0.15) is 0 Å². The van der Waals surface area contributed by atoms with Gasteiger partial charge in [-0.3, -0.25) is 0 Å². The van der Waals surface area contributed by atoms with E-state index in [1.54, 1.807) is 17.2 Å². The Hall–Kier alpha value is -1.35. The van der Waals surface area contributed by atoms with Crippen LogP contribution in [0.4, 0.5) is 0 Å². The molecule has 0 aromatic heterocycles. The van der Waals surface area contributed by atoms with Gasteiger partial charge >= 0.3 is 5.97 Å². The van der Waals surface area contributed by atoms with Crippen molar-refractivity contribution in [3.8, 4) is 0 Å². The summed E-state index contributed by atoms with van der Waals surface area (Å²) in [6.45, 7) is 3.88. The molecule has 1 aliphatic heterocycles. The summed E-state index contributed by atoms with van der Waals surface area (Å²) in [5.74, 6) is 0.354. The van der Waals surface area contributed by atoms with Crippen molar-refractivity contribution in [3.63, 3.8) is 0 Å². The molecule has 16 heavy (non-hydrogen) atoms. The van der Waals surface area contributed by atoms with E-state index < -0.39 is 0 Å². The van der Waals surface area contributed by atoms with Crippen LogP contribution < -0.4 is 0 Å². The van der Waals surface area contributed by atoms with Gasteiger partial charge in [-0.05, 0) is 30.9 Å². The largest absolute Gasteiger partial charge is 0.364 e. The summed E-state index contributed by atoms with van der Waals surface area (Å²) in [4.78, 5) is 17.1. The van der Waals surface area contributed by atoms with E-state index in [4.69, 9.17) is 4.84 Å². The zero-order valence-electron chi connectivity index (χ0n) is 9.56. The first-order chi connectivity index (χ1) is 7.75. The molecule has 0 aliphatic carbocycles. The second-order valence-electron chi connectivity index (χ2n) is 4.38. The highest BCUT2D eigenvalue weighted by atomic mass is 16.7. The van der Waals surface area contributed by atoms with Crippen molar-refractivity contribution >= 4 is 5.97 Å². The smallest absolute Gasteiger partial charge is 0.357 e. The van der Waals surface area contributed by atoms with Crippen LogP contribution in [0.5, 0.6) is 0 Å². The lowest BCUT2D eigenvalue weighted by atomic mass is 10.0. The Bertz CT molecular complexity index is 350. The SMILES string of the molecule is CC1CCCN(OC(=O)c2ccccc2)C1. The highest BCUT2D eigenvalue weighted by Gasteiger charge is 2.20. The Balaban J connectivity index is 1.92. The average Bonchev–Trinajstić information content (AvgIpc) is 2.30. The van der Waals surface area contributed by atoms with Crippen LogP contribution in [0.3, 0.4) is 0 Å². The van der Waals surface area contributed by atoms with Crippen molar-refractivity contribution in [2.24, 2.45) is 5.92 Å². The zero-order chi connectivity index (χ0) is 11.4. The molecular formula is C13H17NO2. The van der Waals surface area contributed by atoms with Crippen molar-refractivity contribution in [1.29, 1.82) is 0 Å². The molecule has 1 atom stereocenters. The molecule has 3 heteroatoms. The van der Waals surface area contributed by atoms with Gasteiger partial charge in [-0.1, -0.05) is 25.1 Å². The third-order valence-electron chi connectivity index (χ3n) is 2.84. The molecular weight excluding hydrogens is 202 g/mol. The number of carbonyl (C=O) groups excluding carboxylic acids is 1. The van der Waals surface area contributed by atoms with Crippen LogP contribution in [0.2, 0.25) is 0 Å². The van der Waals surface area contributed by atoms with Gasteiger partial charge in [0.1, 0.15) is 0 Å². The minimum atomic E-state index is -0.255. The summed E-state index contributed by atoms with van der Waals surface area (Å²) in [5, 5.41) is 1.78. The third kappa shape index (κ3) is 2.83. The Morgan fingerprint density at radius 3 is 2.81 bits per heavy atom. The lowest BCUT2D eigenvalue weighted by Gasteiger charge is -2.28. The summed E-state index contributed by atoms with van der Waals surface area (Å²) in [5.41, 5.74) is 0.612. The minimum absolute atomic E-state index is 0.255. The number of benzene rings is 1. The summed E-state index contributed by atoms with van der Waals surface area (Å²) in [6.07, 6.45) is 2.32. The molecule has 0 N–H and O–H groups in total. The van der Waals surface area contributed by atoms with Gasteiger partial charge in [0, 0.05) is 13.1 Å². The molecule has 3 nitrogen and oxygen atoms in total. The highest BCUT2D eigenvalue weighted by Crippen LogP contribution is 2.16. The van der Waals surface area contributed by atoms with E-state index in [1.165, 1.54) is 6.42 Å². The topological polar surface area (TPSA) is 29.5 Å². The van der Waals surface area contributed by atoms with E-state index in [0.29, 0.717) is 11.5 Å². The Kier molecular flexibility index (Phi) is 3.57. The van der Waals surface area contributed by atoms with Gasteiger partial charge in [-0.25, -0.2) is 4.79 Å². The molecule has 1 aromatic carbocycles. The minimum Gasteiger partial charge on any atom is -0.364 e. The fourth-order valence-corrected chi connectivity index (χ4v) is 1.97. The molecule has 1 unspecified atom stereocenters.